The number of amides is 1. The molecule has 0 aliphatic heterocycles. The Hall–Kier alpha value is -1.66. The van der Waals surface area contributed by atoms with Gasteiger partial charge >= 0.3 is 5.97 Å². The Morgan fingerprint density at radius 2 is 0.981 bits per heavy atom. The number of hydrogen-bond acceptors (Lipinski definition) is 5. The van der Waals surface area contributed by atoms with Gasteiger partial charge in [-0.3, -0.25) is 9.59 Å². The molecule has 3 N–H and O–H groups in total. The Labute approximate surface area is 322 Å². The fourth-order valence-corrected chi connectivity index (χ4v) is 6.78. The molecule has 0 aliphatic rings. The molecule has 3 atom stereocenters. The standard InChI is InChI=1S/C46H87NO5/c1-4-7-10-13-16-19-22-24-25-28-31-34-37-42(52-46(51)39-36-33-30-27-21-18-15-12-9-6-3)40-45(50)47-43(41-48)44(49)38-35-32-29-26-23-20-17-14-11-8-5-2/h12,15,25,28,42-44,48-49H,4-11,13-14,16-24,26-27,29-41H2,1-3H3,(H,47,50)/b15-12-,28-25-. The Kier molecular flexibility index (Phi) is 39.2. The van der Waals surface area contributed by atoms with Crippen molar-refractivity contribution in [2.45, 2.75) is 251 Å². The highest BCUT2D eigenvalue weighted by Gasteiger charge is 2.24. The van der Waals surface area contributed by atoms with Crippen LogP contribution in [0, 0.1) is 0 Å². The van der Waals surface area contributed by atoms with Crippen molar-refractivity contribution in [1.82, 2.24) is 5.32 Å². The molecule has 1 amide bonds. The number of carbonyl (C=O) groups is 2. The van der Waals surface area contributed by atoms with Crippen LogP contribution in [0.2, 0.25) is 0 Å². The normalized spacial score (nSPS) is 13.6. The monoisotopic (exact) mass is 734 g/mol. The second kappa shape index (κ2) is 40.5. The zero-order valence-electron chi connectivity index (χ0n) is 34.7. The smallest absolute Gasteiger partial charge is 0.306 e. The SMILES string of the molecule is CCC/C=C\CCCCCCCC(=O)OC(CCC/C=C\CCCCCCCCC)CC(=O)NC(CO)C(O)CCCCCCCCCCCCC. The molecule has 0 spiro atoms. The van der Waals surface area contributed by atoms with E-state index in [0.29, 0.717) is 19.3 Å². The van der Waals surface area contributed by atoms with Gasteiger partial charge in [0.05, 0.1) is 25.2 Å². The van der Waals surface area contributed by atoms with Crippen molar-refractivity contribution in [1.29, 1.82) is 0 Å². The largest absolute Gasteiger partial charge is 0.462 e. The van der Waals surface area contributed by atoms with Crippen LogP contribution in [0.15, 0.2) is 24.3 Å². The highest BCUT2D eigenvalue weighted by atomic mass is 16.5. The summed E-state index contributed by atoms with van der Waals surface area (Å²) in [5.74, 6) is -0.512. The van der Waals surface area contributed by atoms with Gasteiger partial charge in [0.1, 0.15) is 6.10 Å². The minimum absolute atomic E-state index is 0.0562. The predicted octanol–water partition coefficient (Wildman–Crippen LogP) is 12.8. The van der Waals surface area contributed by atoms with Crippen molar-refractivity contribution in [3.63, 3.8) is 0 Å². The quantitative estimate of drug-likeness (QED) is 0.0331. The molecule has 0 aromatic heterocycles. The molecule has 6 heteroatoms. The van der Waals surface area contributed by atoms with Crippen LogP contribution < -0.4 is 5.32 Å². The number of unbranched alkanes of at least 4 members (excludes halogenated alkanes) is 24. The second-order valence-corrected chi connectivity index (χ2v) is 15.4. The van der Waals surface area contributed by atoms with E-state index in [-0.39, 0.29) is 24.9 Å². The van der Waals surface area contributed by atoms with Gasteiger partial charge in [0.15, 0.2) is 0 Å². The van der Waals surface area contributed by atoms with Gasteiger partial charge in [0, 0.05) is 6.42 Å². The van der Waals surface area contributed by atoms with Crippen molar-refractivity contribution in [3.05, 3.63) is 24.3 Å². The molecule has 52 heavy (non-hydrogen) atoms. The highest BCUT2D eigenvalue weighted by molar-refractivity contribution is 5.77. The summed E-state index contributed by atoms with van der Waals surface area (Å²) in [5, 5.41) is 23.6. The van der Waals surface area contributed by atoms with E-state index in [0.717, 1.165) is 70.6 Å². The first-order valence-electron chi connectivity index (χ1n) is 22.6. The Morgan fingerprint density at radius 1 is 0.538 bits per heavy atom. The van der Waals surface area contributed by atoms with Crippen LogP contribution in [0.4, 0.5) is 0 Å². The third kappa shape index (κ3) is 35.4. The summed E-state index contributed by atoms with van der Waals surface area (Å²) < 4.78 is 5.87. The number of carbonyl (C=O) groups excluding carboxylic acids is 2. The first-order valence-corrected chi connectivity index (χ1v) is 22.6. The van der Waals surface area contributed by atoms with Gasteiger partial charge in [-0.2, -0.15) is 0 Å². The summed E-state index contributed by atoms with van der Waals surface area (Å²) in [4.78, 5) is 25.9. The van der Waals surface area contributed by atoms with Gasteiger partial charge in [-0.05, 0) is 64.2 Å². The number of allylic oxidation sites excluding steroid dienone is 4. The molecule has 6 nitrogen and oxygen atoms in total. The molecule has 0 saturated carbocycles. The average molecular weight is 734 g/mol. The number of esters is 1. The van der Waals surface area contributed by atoms with Crippen LogP contribution in [0.25, 0.3) is 0 Å². The van der Waals surface area contributed by atoms with E-state index >= 15 is 0 Å². The molecule has 0 aromatic rings. The van der Waals surface area contributed by atoms with Crippen LogP contribution in [-0.2, 0) is 14.3 Å². The molecule has 0 fully saturated rings. The van der Waals surface area contributed by atoms with Gasteiger partial charge in [-0.25, -0.2) is 0 Å². The first-order chi connectivity index (χ1) is 25.5. The third-order valence-corrected chi connectivity index (χ3v) is 10.2. The molecule has 0 radical (unpaired) electrons. The minimum Gasteiger partial charge on any atom is -0.462 e. The fraction of sp³-hybridized carbons (Fsp3) is 0.870. The van der Waals surface area contributed by atoms with E-state index in [1.165, 1.54) is 116 Å². The van der Waals surface area contributed by atoms with Crippen molar-refractivity contribution in [2.75, 3.05) is 6.61 Å². The fourth-order valence-electron chi connectivity index (χ4n) is 6.78. The maximum Gasteiger partial charge on any atom is 0.306 e. The lowest BCUT2D eigenvalue weighted by molar-refractivity contribution is -0.151. The second-order valence-electron chi connectivity index (χ2n) is 15.4. The number of ether oxygens (including phenoxy) is 1. The molecule has 0 saturated heterocycles. The lowest BCUT2D eigenvalue weighted by Gasteiger charge is -2.24. The Morgan fingerprint density at radius 3 is 1.48 bits per heavy atom. The summed E-state index contributed by atoms with van der Waals surface area (Å²) in [7, 11) is 0. The van der Waals surface area contributed by atoms with Crippen LogP contribution in [0.1, 0.15) is 233 Å². The third-order valence-electron chi connectivity index (χ3n) is 10.2. The average Bonchev–Trinajstić information content (AvgIpc) is 3.13. The zero-order valence-corrected chi connectivity index (χ0v) is 34.7. The van der Waals surface area contributed by atoms with Crippen LogP contribution in [0.5, 0.6) is 0 Å². The predicted molar refractivity (Wildman–Crippen MR) is 223 cm³/mol. The maximum absolute atomic E-state index is 13.1. The van der Waals surface area contributed by atoms with Crippen molar-refractivity contribution in [3.8, 4) is 0 Å². The maximum atomic E-state index is 13.1. The molecule has 0 heterocycles. The zero-order chi connectivity index (χ0) is 38.2. The molecule has 0 rings (SSSR count). The van der Waals surface area contributed by atoms with Crippen molar-refractivity contribution >= 4 is 11.9 Å². The summed E-state index contributed by atoms with van der Waals surface area (Å²) in [6.07, 6.45) is 43.8. The van der Waals surface area contributed by atoms with Crippen molar-refractivity contribution in [2.24, 2.45) is 0 Å². The van der Waals surface area contributed by atoms with Crippen LogP contribution in [-0.4, -0.2) is 46.9 Å². The number of hydrogen-bond donors (Lipinski definition) is 3. The number of aliphatic hydroxyl groups is 2. The van der Waals surface area contributed by atoms with Crippen LogP contribution in [0.3, 0.4) is 0 Å². The van der Waals surface area contributed by atoms with Gasteiger partial charge in [0.25, 0.3) is 0 Å². The van der Waals surface area contributed by atoms with Crippen molar-refractivity contribution < 1.29 is 24.5 Å². The molecular formula is C46H87NO5. The Balaban J connectivity index is 4.62. The molecule has 0 aliphatic carbocycles. The molecule has 3 unspecified atom stereocenters. The highest BCUT2D eigenvalue weighted by Crippen LogP contribution is 2.17. The lowest BCUT2D eigenvalue weighted by Crippen LogP contribution is -2.46. The van der Waals surface area contributed by atoms with E-state index in [9.17, 15) is 19.8 Å². The summed E-state index contributed by atoms with van der Waals surface area (Å²) in [6.45, 7) is 6.39. The lowest BCUT2D eigenvalue weighted by atomic mass is 10.0. The molecular weight excluding hydrogens is 647 g/mol. The van der Waals surface area contributed by atoms with Gasteiger partial charge in [-0.1, -0.05) is 180 Å². The van der Waals surface area contributed by atoms with E-state index in [1.54, 1.807) is 0 Å². The summed E-state index contributed by atoms with van der Waals surface area (Å²) >= 11 is 0. The van der Waals surface area contributed by atoms with Gasteiger partial charge < -0.3 is 20.3 Å². The number of aliphatic hydroxyl groups excluding tert-OH is 2. The molecule has 306 valence electrons. The summed E-state index contributed by atoms with van der Waals surface area (Å²) in [5.41, 5.74) is 0. The summed E-state index contributed by atoms with van der Waals surface area (Å²) in [6, 6.07) is -0.705. The van der Waals surface area contributed by atoms with E-state index in [2.05, 4.69) is 50.4 Å². The van der Waals surface area contributed by atoms with E-state index in [1.807, 2.05) is 0 Å². The van der Waals surface area contributed by atoms with Crippen LogP contribution >= 0.6 is 0 Å². The molecule has 0 bridgehead atoms. The topological polar surface area (TPSA) is 95.9 Å². The van der Waals surface area contributed by atoms with Gasteiger partial charge in [-0.15, -0.1) is 0 Å². The Bertz CT molecular complexity index is 828. The van der Waals surface area contributed by atoms with E-state index < -0.39 is 18.2 Å². The number of rotatable bonds is 40. The van der Waals surface area contributed by atoms with Gasteiger partial charge in [0.2, 0.25) is 5.91 Å². The van der Waals surface area contributed by atoms with E-state index in [4.69, 9.17) is 4.74 Å². The molecule has 0 aromatic carbocycles. The first kappa shape index (κ1) is 50.3. The minimum atomic E-state index is -0.789. The number of nitrogens with one attached hydrogen (secondary N) is 1.